The highest BCUT2D eigenvalue weighted by molar-refractivity contribution is 9.09. The molecule has 0 atom stereocenters. The van der Waals surface area contributed by atoms with Crippen LogP contribution in [0.25, 0.3) is 0 Å². The maximum Gasteiger partial charge on any atom is 0.311 e. The van der Waals surface area contributed by atoms with Gasteiger partial charge in [-0.2, -0.15) is 0 Å². The van der Waals surface area contributed by atoms with Gasteiger partial charge in [0.1, 0.15) is 0 Å². The number of sulfonamides is 1. The molecule has 2 rings (SSSR count). The predicted octanol–water partition coefficient (Wildman–Crippen LogP) is 3.53. The van der Waals surface area contributed by atoms with E-state index in [1.54, 1.807) is 12.1 Å². The van der Waals surface area contributed by atoms with Crippen molar-refractivity contribution in [2.75, 3.05) is 23.9 Å². The van der Waals surface area contributed by atoms with Crippen LogP contribution in [0.1, 0.15) is 5.56 Å². The maximum absolute atomic E-state index is 12.2. The van der Waals surface area contributed by atoms with E-state index in [2.05, 4.69) is 31.9 Å². The molecule has 1 fully saturated rings. The molecule has 1 aliphatic heterocycles. The zero-order chi connectivity index (χ0) is 17.1. The van der Waals surface area contributed by atoms with Gasteiger partial charge in [0.15, 0.2) is 0 Å². The second-order valence-electron chi connectivity index (χ2n) is 5.29. The topological polar surface area (TPSA) is 81.7 Å². The van der Waals surface area contributed by atoms with Gasteiger partial charge >= 0.3 is 5.65 Å². The largest absolute Gasteiger partial charge is 0.326 e. The summed E-state index contributed by atoms with van der Waals surface area (Å²) in [5.41, 5.74) is -0.0904. The van der Waals surface area contributed by atoms with Crippen LogP contribution in [0.4, 0.5) is 4.79 Å². The van der Waals surface area contributed by atoms with Gasteiger partial charge in [0.2, 0.25) is 0 Å². The standard InChI is InChI=1S/C13H16Br2NO5PS/c1-10-2-4-11(5-3-10)23(18,19)16-12(17)22-20-8-13(6-14,7-15)9-21-22/h2-5H,6-9H2,1H3,(H,16,17). The van der Waals surface area contributed by atoms with E-state index in [-0.39, 0.29) is 10.3 Å². The lowest BCUT2D eigenvalue weighted by Crippen LogP contribution is -2.40. The molecule has 1 amide bonds. The summed E-state index contributed by atoms with van der Waals surface area (Å²) in [5.74, 6) is 0. The molecule has 0 unspecified atom stereocenters. The molecule has 128 valence electrons. The number of aryl methyl sites for hydroxylation is 1. The van der Waals surface area contributed by atoms with Gasteiger partial charge in [-0.15, -0.1) is 0 Å². The van der Waals surface area contributed by atoms with Gasteiger partial charge in [0.25, 0.3) is 18.4 Å². The van der Waals surface area contributed by atoms with E-state index in [1.165, 1.54) is 12.1 Å². The first-order chi connectivity index (χ1) is 10.8. The summed E-state index contributed by atoms with van der Waals surface area (Å²) in [5, 5.41) is 1.30. The fourth-order valence-corrected chi connectivity index (χ4v) is 5.87. The molecule has 1 saturated heterocycles. The molecule has 0 bridgehead atoms. The van der Waals surface area contributed by atoms with Crippen molar-refractivity contribution in [3.8, 4) is 0 Å². The molecule has 1 aliphatic rings. The monoisotopic (exact) mass is 487 g/mol. The SMILES string of the molecule is Cc1ccc(S(=O)(=O)NC(=O)P2OCC(CBr)(CBr)CO2)cc1. The maximum atomic E-state index is 12.2. The Hall–Kier alpha value is -0.0500. The van der Waals surface area contributed by atoms with Crippen LogP contribution in [-0.2, 0) is 19.1 Å². The third-order valence-electron chi connectivity index (χ3n) is 3.26. The van der Waals surface area contributed by atoms with E-state index in [4.69, 9.17) is 9.05 Å². The van der Waals surface area contributed by atoms with Gasteiger partial charge in [0, 0.05) is 16.1 Å². The number of hydrogen-bond donors (Lipinski definition) is 1. The third-order valence-corrected chi connectivity index (χ3v) is 8.31. The van der Waals surface area contributed by atoms with Crippen molar-refractivity contribution >= 4 is 55.9 Å². The molecule has 0 saturated carbocycles. The molecule has 1 N–H and O–H groups in total. The van der Waals surface area contributed by atoms with Gasteiger partial charge in [-0.25, -0.2) is 13.1 Å². The number of halogens is 2. The molecule has 0 aromatic heterocycles. The van der Waals surface area contributed by atoms with Crippen molar-refractivity contribution < 1.29 is 22.3 Å². The Labute approximate surface area is 153 Å². The highest BCUT2D eigenvalue weighted by Gasteiger charge is 2.39. The van der Waals surface area contributed by atoms with E-state index in [9.17, 15) is 13.2 Å². The second kappa shape index (κ2) is 7.89. The van der Waals surface area contributed by atoms with Gasteiger partial charge in [-0.1, -0.05) is 49.6 Å². The van der Waals surface area contributed by atoms with Crippen LogP contribution in [0.5, 0.6) is 0 Å². The van der Waals surface area contributed by atoms with E-state index in [1.807, 2.05) is 11.6 Å². The zero-order valence-corrected chi connectivity index (χ0v) is 17.2. The van der Waals surface area contributed by atoms with Gasteiger partial charge in [-0.3, -0.25) is 4.79 Å². The second-order valence-corrected chi connectivity index (χ2v) is 9.54. The molecular weight excluding hydrogens is 473 g/mol. The highest BCUT2D eigenvalue weighted by atomic mass is 79.9. The van der Waals surface area contributed by atoms with Crippen molar-refractivity contribution in [2.45, 2.75) is 11.8 Å². The van der Waals surface area contributed by atoms with E-state index in [0.717, 1.165) is 5.56 Å². The minimum absolute atomic E-state index is 0.0266. The Bertz CT molecular complexity index is 653. The Kier molecular flexibility index (Phi) is 6.61. The third kappa shape index (κ3) is 4.74. The molecule has 0 radical (unpaired) electrons. The fourth-order valence-electron chi connectivity index (χ4n) is 1.71. The molecule has 0 spiro atoms. The normalized spacial score (nSPS) is 18.6. The first-order valence-electron chi connectivity index (χ1n) is 6.63. The van der Waals surface area contributed by atoms with Crippen LogP contribution in [0, 0.1) is 12.3 Å². The molecule has 10 heteroatoms. The van der Waals surface area contributed by atoms with Crippen LogP contribution in [-0.4, -0.2) is 37.9 Å². The van der Waals surface area contributed by atoms with E-state index >= 15 is 0 Å². The summed E-state index contributed by atoms with van der Waals surface area (Å²) in [6, 6.07) is 6.22. The van der Waals surface area contributed by atoms with Crippen LogP contribution in [0.3, 0.4) is 0 Å². The summed E-state index contributed by atoms with van der Waals surface area (Å²) in [7, 11) is -5.86. The Morgan fingerprint density at radius 3 is 2.22 bits per heavy atom. The Morgan fingerprint density at radius 1 is 1.22 bits per heavy atom. The number of hydrogen-bond acceptors (Lipinski definition) is 5. The number of nitrogens with one attached hydrogen (secondary N) is 1. The quantitative estimate of drug-likeness (QED) is 0.506. The number of alkyl halides is 2. The van der Waals surface area contributed by atoms with Gasteiger partial charge in [-0.05, 0) is 19.1 Å². The molecule has 6 nitrogen and oxygen atoms in total. The molecule has 1 aromatic rings. The lowest BCUT2D eigenvalue weighted by atomic mass is 9.96. The summed E-state index contributed by atoms with van der Waals surface area (Å²) < 4.78 is 37.3. The van der Waals surface area contributed by atoms with Crippen molar-refractivity contribution in [3.05, 3.63) is 29.8 Å². The van der Waals surface area contributed by atoms with Gasteiger partial charge < -0.3 is 9.05 Å². The zero-order valence-electron chi connectivity index (χ0n) is 12.3. The molecule has 0 aliphatic carbocycles. The average molecular weight is 489 g/mol. The average Bonchev–Trinajstić information content (AvgIpc) is 2.55. The first-order valence-corrected chi connectivity index (χ1v) is 11.5. The first kappa shape index (κ1) is 19.3. The van der Waals surface area contributed by atoms with Crippen LogP contribution in [0.15, 0.2) is 29.2 Å². The lowest BCUT2D eigenvalue weighted by molar-refractivity contribution is 0.0726. The van der Waals surface area contributed by atoms with E-state index < -0.39 is 24.0 Å². The summed E-state index contributed by atoms with van der Waals surface area (Å²) in [4.78, 5) is 12.1. The predicted molar refractivity (Wildman–Crippen MR) is 95.7 cm³/mol. The molecule has 1 aromatic carbocycles. The molecule has 1 heterocycles. The van der Waals surface area contributed by atoms with Crippen LogP contribution in [0.2, 0.25) is 0 Å². The fraction of sp³-hybridized carbons (Fsp3) is 0.462. The number of carbonyl (C=O) groups excluding carboxylic acids is 1. The van der Waals surface area contributed by atoms with E-state index in [0.29, 0.717) is 23.9 Å². The van der Waals surface area contributed by atoms with Crippen molar-refractivity contribution in [3.63, 3.8) is 0 Å². The summed E-state index contributed by atoms with van der Waals surface area (Å²) in [6.07, 6.45) is 0. The molecule has 23 heavy (non-hydrogen) atoms. The van der Waals surface area contributed by atoms with Crippen molar-refractivity contribution in [1.29, 1.82) is 0 Å². The highest BCUT2D eigenvalue weighted by Crippen LogP contribution is 2.47. The lowest BCUT2D eigenvalue weighted by Gasteiger charge is -2.36. The number of amides is 1. The van der Waals surface area contributed by atoms with Crippen LogP contribution >= 0.6 is 40.2 Å². The van der Waals surface area contributed by atoms with Crippen molar-refractivity contribution in [1.82, 2.24) is 4.72 Å². The number of benzene rings is 1. The minimum atomic E-state index is -3.93. The Balaban J connectivity index is 2.01. The number of carbonyl (C=O) groups is 1. The van der Waals surface area contributed by atoms with Gasteiger partial charge in [0.05, 0.1) is 18.1 Å². The summed E-state index contributed by atoms with van der Waals surface area (Å²) >= 11 is 6.78. The number of rotatable bonds is 5. The van der Waals surface area contributed by atoms with Crippen LogP contribution < -0.4 is 4.72 Å². The summed E-state index contributed by atoms with van der Waals surface area (Å²) in [6.45, 7) is 2.47. The molecular formula is C13H16Br2NO5PS. The minimum Gasteiger partial charge on any atom is -0.326 e. The van der Waals surface area contributed by atoms with Crippen molar-refractivity contribution in [2.24, 2.45) is 5.41 Å². The smallest absolute Gasteiger partial charge is 0.311 e. The Morgan fingerprint density at radius 2 is 1.74 bits per heavy atom.